The lowest BCUT2D eigenvalue weighted by atomic mass is 9.87. The Hall–Kier alpha value is -3.50. The van der Waals surface area contributed by atoms with Crippen LogP contribution in [0.3, 0.4) is 0 Å². The Labute approximate surface area is 179 Å². The third-order valence-electron chi connectivity index (χ3n) is 4.50. The molecule has 1 aromatic rings. The first-order chi connectivity index (χ1) is 14.5. The first-order valence-corrected chi connectivity index (χ1v) is 9.68. The summed E-state index contributed by atoms with van der Waals surface area (Å²) in [6.07, 6.45) is -0.380. The number of benzene rings is 1. The van der Waals surface area contributed by atoms with Gasteiger partial charge in [-0.15, -0.1) is 0 Å². The number of hydrogen-bond donors (Lipinski definition) is 3. The highest BCUT2D eigenvalue weighted by molar-refractivity contribution is 5.90. The number of rotatable bonds is 11. The summed E-state index contributed by atoms with van der Waals surface area (Å²) in [5.41, 5.74) is 0.0899. The number of nitro benzene ring substituents is 1. The molecule has 31 heavy (non-hydrogen) atoms. The Morgan fingerprint density at radius 1 is 1.10 bits per heavy atom. The average molecular weight is 437 g/mol. The van der Waals surface area contributed by atoms with Crippen molar-refractivity contribution < 1.29 is 33.9 Å². The van der Waals surface area contributed by atoms with Crippen LogP contribution in [-0.4, -0.2) is 52.5 Å². The quantitative estimate of drug-likeness (QED) is 0.265. The molecule has 3 atom stereocenters. The van der Waals surface area contributed by atoms with E-state index in [1.54, 1.807) is 20.8 Å². The van der Waals surface area contributed by atoms with Crippen LogP contribution in [0.15, 0.2) is 24.3 Å². The lowest BCUT2D eigenvalue weighted by Crippen LogP contribution is -2.55. The van der Waals surface area contributed by atoms with Crippen molar-refractivity contribution in [2.24, 2.45) is 5.92 Å². The van der Waals surface area contributed by atoms with E-state index in [-0.39, 0.29) is 24.6 Å². The van der Waals surface area contributed by atoms with Crippen LogP contribution in [0.2, 0.25) is 0 Å². The van der Waals surface area contributed by atoms with E-state index in [1.165, 1.54) is 31.2 Å². The highest BCUT2D eigenvalue weighted by Gasteiger charge is 2.35. The zero-order chi connectivity index (χ0) is 23.7. The van der Waals surface area contributed by atoms with Gasteiger partial charge in [0.25, 0.3) is 5.69 Å². The number of nitrogens with zero attached hydrogens (tertiary/aromatic N) is 1. The topological polar surface area (TPSA) is 165 Å². The number of aliphatic carboxylic acids is 1. The van der Waals surface area contributed by atoms with Crippen molar-refractivity contribution in [3.63, 3.8) is 0 Å². The van der Waals surface area contributed by atoms with Gasteiger partial charge in [-0.1, -0.05) is 26.0 Å². The number of hydrogen-bond acceptors (Lipinski definition) is 7. The van der Waals surface area contributed by atoms with Crippen LogP contribution >= 0.6 is 0 Å². The summed E-state index contributed by atoms with van der Waals surface area (Å²) in [7, 11) is 0. The Bertz CT molecular complexity index is 822. The Morgan fingerprint density at radius 3 is 2.10 bits per heavy atom. The van der Waals surface area contributed by atoms with E-state index in [1.807, 2.05) is 0 Å². The number of carboxylic acids is 1. The lowest BCUT2D eigenvalue weighted by molar-refractivity contribution is -0.384. The first kappa shape index (κ1) is 25.5. The molecule has 1 aromatic carbocycles. The zero-order valence-corrected chi connectivity index (χ0v) is 17.8. The zero-order valence-electron chi connectivity index (χ0n) is 17.8. The standard InChI is InChI=1S/C20H27N3O8/c1-5-31-16(25)10-15(13-6-8-14(9-7-13)23(29)30)18(20(27)28)22-19(26)17(11(2)3)21-12(4)24/h6-9,11,15,17-18H,5,10H2,1-4H3,(H,21,24)(H,22,26)(H,27,28)/t15-,17-,18+/m1/s1. The van der Waals surface area contributed by atoms with E-state index < -0.39 is 46.7 Å². The van der Waals surface area contributed by atoms with Crippen molar-refractivity contribution >= 4 is 29.4 Å². The maximum absolute atomic E-state index is 12.7. The van der Waals surface area contributed by atoms with E-state index in [9.17, 15) is 34.4 Å². The van der Waals surface area contributed by atoms with E-state index in [2.05, 4.69) is 10.6 Å². The minimum Gasteiger partial charge on any atom is -0.480 e. The second-order valence-corrected chi connectivity index (χ2v) is 7.21. The summed E-state index contributed by atoms with van der Waals surface area (Å²) >= 11 is 0. The largest absolute Gasteiger partial charge is 0.480 e. The summed E-state index contributed by atoms with van der Waals surface area (Å²) in [6.45, 7) is 6.27. The molecule has 11 nitrogen and oxygen atoms in total. The molecule has 170 valence electrons. The van der Waals surface area contributed by atoms with Crippen LogP contribution in [0.1, 0.15) is 45.6 Å². The first-order valence-electron chi connectivity index (χ1n) is 9.68. The van der Waals surface area contributed by atoms with Crippen molar-refractivity contribution in [1.29, 1.82) is 0 Å². The molecule has 0 radical (unpaired) electrons. The maximum atomic E-state index is 12.7. The smallest absolute Gasteiger partial charge is 0.326 e. The number of nitro groups is 1. The predicted octanol–water partition coefficient (Wildman–Crippen LogP) is 1.36. The SMILES string of the molecule is CCOC(=O)C[C@H](c1ccc([N+](=O)[O-])cc1)[C@H](NC(=O)[C@H](NC(C)=O)C(C)C)C(=O)O. The van der Waals surface area contributed by atoms with Gasteiger partial charge in [-0.2, -0.15) is 0 Å². The van der Waals surface area contributed by atoms with Crippen LogP contribution in [0.5, 0.6) is 0 Å². The number of nitrogens with one attached hydrogen (secondary N) is 2. The molecule has 0 saturated heterocycles. The van der Waals surface area contributed by atoms with Gasteiger partial charge in [0, 0.05) is 25.0 Å². The van der Waals surface area contributed by atoms with Crippen LogP contribution in [0, 0.1) is 16.0 Å². The van der Waals surface area contributed by atoms with Gasteiger partial charge in [0.05, 0.1) is 18.0 Å². The highest BCUT2D eigenvalue weighted by Crippen LogP contribution is 2.27. The van der Waals surface area contributed by atoms with Gasteiger partial charge in [0.1, 0.15) is 12.1 Å². The molecule has 0 aliphatic rings. The van der Waals surface area contributed by atoms with Crippen LogP contribution in [0.4, 0.5) is 5.69 Å². The van der Waals surface area contributed by atoms with Crippen LogP contribution in [0.25, 0.3) is 0 Å². The number of carbonyl (C=O) groups excluding carboxylic acids is 3. The number of carbonyl (C=O) groups is 4. The molecule has 1 rings (SSSR count). The number of esters is 1. The fraction of sp³-hybridized carbons (Fsp3) is 0.500. The predicted molar refractivity (Wildman–Crippen MR) is 109 cm³/mol. The van der Waals surface area contributed by atoms with Gasteiger partial charge in [-0.25, -0.2) is 4.79 Å². The van der Waals surface area contributed by atoms with Crippen molar-refractivity contribution in [3.8, 4) is 0 Å². The van der Waals surface area contributed by atoms with E-state index in [4.69, 9.17) is 4.74 Å². The van der Waals surface area contributed by atoms with Crippen molar-refractivity contribution in [3.05, 3.63) is 39.9 Å². The van der Waals surface area contributed by atoms with Crippen LogP contribution < -0.4 is 10.6 Å². The molecule has 0 unspecified atom stereocenters. The number of amides is 2. The molecule has 0 saturated carbocycles. The molecule has 0 heterocycles. The van der Waals surface area contributed by atoms with Gasteiger partial charge in [0.15, 0.2) is 0 Å². The molecule has 0 fully saturated rings. The number of carboxylic acid groups (broad SMARTS) is 1. The van der Waals surface area contributed by atoms with E-state index in [0.29, 0.717) is 5.56 Å². The average Bonchev–Trinajstić information content (AvgIpc) is 2.68. The van der Waals surface area contributed by atoms with Gasteiger partial charge in [-0.3, -0.25) is 24.5 Å². The number of non-ortho nitro benzene ring substituents is 1. The summed E-state index contributed by atoms with van der Waals surface area (Å²) in [5, 5.41) is 25.5. The number of ether oxygens (including phenoxy) is 1. The fourth-order valence-corrected chi connectivity index (χ4v) is 3.00. The van der Waals surface area contributed by atoms with Crippen molar-refractivity contribution in [2.45, 2.75) is 52.1 Å². The molecular formula is C20H27N3O8. The van der Waals surface area contributed by atoms with Gasteiger partial charge in [-0.05, 0) is 18.4 Å². The third-order valence-corrected chi connectivity index (χ3v) is 4.50. The van der Waals surface area contributed by atoms with Crippen LogP contribution in [-0.2, 0) is 23.9 Å². The van der Waals surface area contributed by atoms with Gasteiger partial charge in [0.2, 0.25) is 11.8 Å². The molecule has 0 aromatic heterocycles. The summed E-state index contributed by atoms with van der Waals surface area (Å²) in [6, 6.07) is 2.49. The molecule has 3 N–H and O–H groups in total. The minimum atomic E-state index is -1.55. The molecule has 0 aliphatic heterocycles. The molecule has 2 amide bonds. The third kappa shape index (κ3) is 7.68. The second kappa shape index (κ2) is 11.6. The molecular weight excluding hydrogens is 410 g/mol. The minimum absolute atomic E-state index is 0.0772. The summed E-state index contributed by atoms with van der Waals surface area (Å²) < 4.78 is 4.92. The van der Waals surface area contributed by atoms with Gasteiger partial charge >= 0.3 is 11.9 Å². The molecule has 0 bridgehead atoms. The van der Waals surface area contributed by atoms with Crippen molar-refractivity contribution in [1.82, 2.24) is 10.6 Å². The summed E-state index contributed by atoms with van der Waals surface area (Å²) in [5.74, 6) is -4.68. The normalized spacial score (nSPS) is 13.6. The van der Waals surface area contributed by atoms with E-state index in [0.717, 1.165) is 0 Å². The van der Waals surface area contributed by atoms with Gasteiger partial charge < -0.3 is 20.5 Å². The van der Waals surface area contributed by atoms with E-state index >= 15 is 0 Å². The maximum Gasteiger partial charge on any atom is 0.326 e. The molecule has 0 aliphatic carbocycles. The Balaban J connectivity index is 3.29. The molecule has 0 spiro atoms. The Kier molecular flexibility index (Phi) is 9.58. The Morgan fingerprint density at radius 2 is 1.68 bits per heavy atom. The summed E-state index contributed by atoms with van der Waals surface area (Å²) in [4.78, 5) is 58.6. The highest BCUT2D eigenvalue weighted by atomic mass is 16.6. The second-order valence-electron chi connectivity index (χ2n) is 7.21. The molecule has 11 heteroatoms. The van der Waals surface area contributed by atoms with Crippen molar-refractivity contribution in [2.75, 3.05) is 6.61 Å². The monoisotopic (exact) mass is 437 g/mol. The fourth-order valence-electron chi connectivity index (χ4n) is 3.00. The lowest BCUT2D eigenvalue weighted by Gasteiger charge is -2.28.